The summed E-state index contributed by atoms with van der Waals surface area (Å²) in [6.45, 7) is 0. The zero-order chi connectivity index (χ0) is 16.2. The lowest BCUT2D eigenvalue weighted by Gasteiger charge is -2.21. The number of ketones is 1. The fourth-order valence-electron chi connectivity index (χ4n) is 2.35. The maximum atomic E-state index is 11.4. The number of nitrogens with one attached hydrogen (secondary N) is 1. The van der Waals surface area contributed by atoms with Gasteiger partial charge in [-0.2, -0.15) is 0 Å². The molecule has 2 rings (SSSR count). The molecule has 0 fully saturated rings. The molecule has 0 spiro atoms. The van der Waals surface area contributed by atoms with Gasteiger partial charge in [-0.25, -0.2) is 4.57 Å². The third-order valence-electron chi connectivity index (χ3n) is 3.38. The van der Waals surface area contributed by atoms with E-state index in [1.54, 1.807) is 18.2 Å². The van der Waals surface area contributed by atoms with E-state index >= 15 is 0 Å². The summed E-state index contributed by atoms with van der Waals surface area (Å²) in [5, 5.41) is 11.3. The lowest BCUT2D eigenvalue weighted by Crippen LogP contribution is -2.20. The second-order valence-electron chi connectivity index (χ2n) is 5.18. The van der Waals surface area contributed by atoms with Crippen LogP contribution in [0.4, 0.5) is 0 Å². The fraction of sp³-hybridized carbons (Fsp3) is 0.267. The minimum absolute atomic E-state index is 0.216. The molecule has 0 amide bonds. The molecular formula is C15H18NO5P. The number of rotatable bonds is 6. The smallest absolute Gasteiger partial charge is 0.427 e. The van der Waals surface area contributed by atoms with Crippen LogP contribution in [0.15, 0.2) is 48.2 Å². The Morgan fingerprint density at radius 2 is 1.86 bits per heavy atom. The van der Waals surface area contributed by atoms with Crippen LogP contribution in [0.1, 0.15) is 18.4 Å². The standard InChI is InChI=1S/C15H18NO5P/c17-13-7-4-11(5-8-13)2-1-3-12-6-9-14(18)10-15(12)16-22(19,20)21/h4-10,12,17H,1-3H2,(H3,16,19,20,21). The van der Waals surface area contributed by atoms with E-state index in [0.29, 0.717) is 6.42 Å². The monoisotopic (exact) mass is 323 g/mol. The van der Waals surface area contributed by atoms with Gasteiger partial charge in [-0.3, -0.25) is 9.88 Å². The number of phenols is 1. The van der Waals surface area contributed by atoms with Gasteiger partial charge in [0, 0.05) is 17.7 Å². The van der Waals surface area contributed by atoms with Gasteiger partial charge in [0.2, 0.25) is 0 Å². The van der Waals surface area contributed by atoms with E-state index in [0.717, 1.165) is 18.4 Å². The maximum Gasteiger partial charge on any atom is 0.427 e. The first-order valence-electron chi connectivity index (χ1n) is 6.89. The first kappa shape index (κ1) is 16.5. The van der Waals surface area contributed by atoms with Crippen LogP contribution in [-0.2, 0) is 15.8 Å². The van der Waals surface area contributed by atoms with E-state index in [1.165, 1.54) is 12.2 Å². The van der Waals surface area contributed by atoms with Gasteiger partial charge in [0.25, 0.3) is 0 Å². The Morgan fingerprint density at radius 3 is 2.50 bits per heavy atom. The summed E-state index contributed by atoms with van der Waals surface area (Å²) in [6.07, 6.45) is 6.52. The Bertz CT molecular complexity index is 644. The number of benzene rings is 1. The van der Waals surface area contributed by atoms with Crippen LogP contribution in [0, 0.1) is 5.92 Å². The Labute approximate surface area is 128 Å². The van der Waals surface area contributed by atoms with Crippen LogP contribution in [-0.4, -0.2) is 20.7 Å². The van der Waals surface area contributed by atoms with Crippen molar-refractivity contribution in [1.29, 1.82) is 0 Å². The molecule has 0 aromatic heterocycles. The van der Waals surface area contributed by atoms with Crippen LogP contribution in [0.25, 0.3) is 0 Å². The highest BCUT2D eigenvalue weighted by Gasteiger charge is 2.22. The van der Waals surface area contributed by atoms with Gasteiger partial charge in [0.05, 0.1) is 0 Å². The van der Waals surface area contributed by atoms with E-state index in [9.17, 15) is 14.5 Å². The van der Waals surface area contributed by atoms with Gasteiger partial charge in [-0.1, -0.05) is 18.2 Å². The molecule has 118 valence electrons. The number of hydrogen-bond donors (Lipinski definition) is 4. The Hall–Kier alpha value is -1.88. The van der Waals surface area contributed by atoms with Crippen LogP contribution < -0.4 is 5.09 Å². The van der Waals surface area contributed by atoms with Crippen molar-refractivity contribution in [3.8, 4) is 5.75 Å². The van der Waals surface area contributed by atoms with E-state index in [-0.39, 0.29) is 23.1 Å². The summed E-state index contributed by atoms with van der Waals surface area (Å²) < 4.78 is 11.1. The van der Waals surface area contributed by atoms with Crippen LogP contribution in [0.3, 0.4) is 0 Å². The second-order valence-corrected chi connectivity index (χ2v) is 6.49. The van der Waals surface area contributed by atoms with Gasteiger partial charge in [0.1, 0.15) is 5.75 Å². The zero-order valence-electron chi connectivity index (χ0n) is 11.8. The van der Waals surface area contributed by atoms with Gasteiger partial charge in [-0.05, 0) is 43.0 Å². The molecule has 0 bridgehead atoms. The summed E-state index contributed by atoms with van der Waals surface area (Å²) in [4.78, 5) is 29.4. The number of aryl methyl sites for hydroxylation is 1. The number of carbonyl (C=O) groups excluding carboxylic acids is 1. The minimum atomic E-state index is -4.43. The summed E-state index contributed by atoms with van der Waals surface area (Å²) in [6, 6.07) is 6.91. The fourth-order valence-corrected chi connectivity index (χ4v) is 2.91. The van der Waals surface area contributed by atoms with Crippen molar-refractivity contribution in [2.75, 3.05) is 0 Å². The normalized spacial score (nSPS) is 18.2. The summed E-state index contributed by atoms with van der Waals surface area (Å²) >= 11 is 0. The Morgan fingerprint density at radius 1 is 1.18 bits per heavy atom. The minimum Gasteiger partial charge on any atom is -0.508 e. The molecule has 22 heavy (non-hydrogen) atoms. The van der Waals surface area contributed by atoms with Crippen molar-refractivity contribution >= 4 is 13.5 Å². The molecule has 1 aliphatic carbocycles. The molecule has 1 aliphatic rings. The number of phenolic OH excluding ortho intramolecular Hbond substituents is 1. The van der Waals surface area contributed by atoms with Crippen molar-refractivity contribution < 1.29 is 24.3 Å². The number of carbonyl (C=O) groups is 1. The third-order valence-corrected chi connectivity index (χ3v) is 3.93. The van der Waals surface area contributed by atoms with Gasteiger partial charge in [0.15, 0.2) is 5.78 Å². The summed E-state index contributed by atoms with van der Waals surface area (Å²) in [5.41, 5.74) is 1.33. The largest absolute Gasteiger partial charge is 0.508 e. The molecule has 1 unspecified atom stereocenters. The highest BCUT2D eigenvalue weighted by atomic mass is 31.2. The third kappa shape index (κ3) is 5.15. The number of aromatic hydroxyl groups is 1. The van der Waals surface area contributed by atoms with Gasteiger partial charge >= 0.3 is 7.75 Å². The predicted octanol–water partition coefficient (Wildman–Crippen LogP) is 2.04. The molecule has 0 aliphatic heterocycles. The molecule has 0 saturated carbocycles. The number of hydrogen-bond acceptors (Lipinski definition) is 3. The predicted molar refractivity (Wildman–Crippen MR) is 81.9 cm³/mol. The molecule has 1 aromatic carbocycles. The van der Waals surface area contributed by atoms with E-state index < -0.39 is 7.75 Å². The molecule has 7 heteroatoms. The molecule has 0 saturated heterocycles. The summed E-state index contributed by atoms with van der Waals surface area (Å²) in [5.74, 6) is -0.290. The van der Waals surface area contributed by atoms with E-state index in [4.69, 9.17) is 9.79 Å². The molecule has 1 aromatic rings. The second kappa shape index (κ2) is 6.92. The molecule has 0 heterocycles. The van der Waals surface area contributed by atoms with Crippen molar-refractivity contribution in [1.82, 2.24) is 5.09 Å². The van der Waals surface area contributed by atoms with Crippen molar-refractivity contribution in [2.45, 2.75) is 19.3 Å². The first-order chi connectivity index (χ1) is 10.3. The van der Waals surface area contributed by atoms with Crippen LogP contribution >= 0.6 is 7.75 Å². The molecule has 0 radical (unpaired) electrons. The van der Waals surface area contributed by atoms with Crippen molar-refractivity contribution in [2.24, 2.45) is 5.92 Å². The van der Waals surface area contributed by atoms with E-state index in [1.807, 2.05) is 12.1 Å². The molecular weight excluding hydrogens is 305 g/mol. The quantitative estimate of drug-likeness (QED) is 0.597. The van der Waals surface area contributed by atoms with E-state index in [2.05, 4.69) is 5.09 Å². The molecule has 4 N–H and O–H groups in total. The van der Waals surface area contributed by atoms with Crippen LogP contribution in [0.2, 0.25) is 0 Å². The summed E-state index contributed by atoms with van der Waals surface area (Å²) in [7, 11) is -4.43. The Kier molecular flexibility index (Phi) is 5.19. The SMILES string of the molecule is O=C1C=CC(CCCc2ccc(O)cc2)C(NP(=O)(O)O)=C1. The molecule has 6 nitrogen and oxygen atoms in total. The van der Waals surface area contributed by atoms with Crippen molar-refractivity contribution in [3.05, 3.63) is 53.8 Å². The highest BCUT2D eigenvalue weighted by Crippen LogP contribution is 2.34. The lowest BCUT2D eigenvalue weighted by atomic mass is 9.92. The van der Waals surface area contributed by atoms with Gasteiger partial charge in [-0.15, -0.1) is 0 Å². The lowest BCUT2D eigenvalue weighted by molar-refractivity contribution is -0.110. The zero-order valence-corrected chi connectivity index (χ0v) is 12.7. The Balaban J connectivity index is 1.93. The first-order valence-corrected chi connectivity index (χ1v) is 8.50. The molecule has 1 atom stereocenters. The number of allylic oxidation sites excluding steroid dienone is 3. The average molecular weight is 323 g/mol. The average Bonchev–Trinajstić information content (AvgIpc) is 2.41. The van der Waals surface area contributed by atoms with Crippen molar-refractivity contribution in [3.63, 3.8) is 0 Å². The maximum absolute atomic E-state index is 11.4. The highest BCUT2D eigenvalue weighted by molar-refractivity contribution is 7.49. The topological polar surface area (TPSA) is 107 Å². The van der Waals surface area contributed by atoms with Gasteiger partial charge < -0.3 is 14.9 Å². The van der Waals surface area contributed by atoms with Crippen LogP contribution in [0.5, 0.6) is 5.75 Å².